The first-order chi connectivity index (χ1) is 15.8. The predicted molar refractivity (Wildman–Crippen MR) is 129 cm³/mol. The minimum atomic E-state index is 0.494. The van der Waals surface area contributed by atoms with Crippen molar-refractivity contribution in [3.63, 3.8) is 0 Å². The van der Waals surface area contributed by atoms with Gasteiger partial charge in [-0.3, -0.25) is 5.01 Å². The molecular formula is C23H24N6OS2. The maximum Gasteiger partial charge on any atom is 0.174 e. The van der Waals surface area contributed by atoms with E-state index < -0.39 is 0 Å². The number of nitrogens with one attached hydrogen (secondary N) is 3. The zero-order valence-corrected chi connectivity index (χ0v) is 19.0. The number of piperidine rings is 1. The van der Waals surface area contributed by atoms with Gasteiger partial charge in [-0.25, -0.2) is 9.97 Å². The number of hydrogen-bond acceptors (Lipinski definition) is 9. The van der Waals surface area contributed by atoms with Gasteiger partial charge in [-0.15, -0.1) is 0 Å². The molecule has 0 aliphatic carbocycles. The molecule has 2 aromatic heterocycles. The van der Waals surface area contributed by atoms with Crippen molar-refractivity contribution in [1.29, 1.82) is 0 Å². The monoisotopic (exact) mass is 464 g/mol. The van der Waals surface area contributed by atoms with Gasteiger partial charge in [0.2, 0.25) is 0 Å². The number of benzene rings is 1. The molecule has 0 radical (unpaired) electrons. The van der Waals surface area contributed by atoms with Crippen LogP contribution in [-0.4, -0.2) is 34.1 Å². The number of aromatic nitrogens is 2. The molecule has 2 aliphatic rings. The fourth-order valence-electron chi connectivity index (χ4n) is 3.52. The number of rotatable bonds is 7. The van der Waals surface area contributed by atoms with Crippen molar-refractivity contribution in [1.82, 2.24) is 25.1 Å². The summed E-state index contributed by atoms with van der Waals surface area (Å²) in [5.41, 5.74) is 0. The van der Waals surface area contributed by atoms with Gasteiger partial charge in [0, 0.05) is 35.6 Å². The first kappa shape index (κ1) is 21.1. The summed E-state index contributed by atoms with van der Waals surface area (Å²) in [5.74, 6) is 2.10. The molecular weight excluding hydrogens is 440 g/mol. The van der Waals surface area contributed by atoms with Gasteiger partial charge in [0.15, 0.2) is 11.6 Å². The SMILES string of the molecule is C1=C(Nc2ncc(Sc3ccccn3)cc2Oc2ccccc2)SNN1C1CCNCC1. The van der Waals surface area contributed by atoms with E-state index in [2.05, 4.69) is 36.6 Å². The molecule has 0 bridgehead atoms. The lowest BCUT2D eigenvalue weighted by molar-refractivity contribution is 0.212. The van der Waals surface area contributed by atoms with Crippen molar-refractivity contribution in [2.75, 3.05) is 18.4 Å². The maximum atomic E-state index is 6.20. The van der Waals surface area contributed by atoms with Gasteiger partial charge in [-0.1, -0.05) is 36.0 Å². The van der Waals surface area contributed by atoms with Crippen molar-refractivity contribution in [2.24, 2.45) is 0 Å². The lowest BCUT2D eigenvalue weighted by atomic mass is 10.1. The molecule has 1 fully saturated rings. The lowest BCUT2D eigenvalue weighted by Gasteiger charge is -2.30. The highest BCUT2D eigenvalue weighted by atomic mass is 32.2. The van der Waals surface area contributed by atoms with Crippen molar-refractivity contribution in [3.8, 4) is 11.5 Å². The molecule has 0 unspecified atom stereocenters. The van der Waals surface area contributed by atoms with Crippen LogP contribution >= 0.6 is 23.7 Å². The predicted octanol–water partition coefficient (Wildman–Crippen LogP) is 4.85. The third-order valence-corrected chi connectivity index (χ3v) is 6.76. The number of para-hydroxylation sites is 1. The third kappa shape index (κ3) is 5.36. The van der Waals surface area contributed by atoms with E-state index in [1.165, 1.54) is 0 Å². The van der Waals surface area contributed by atoms with E-state index in [9.17, 15) is 0 Å². The molecule has 5 rings (SSSR count). The van der Waals surface area contributed by atoms with Crippen LogP contribution in [0.3, 0.4) is 0 Å². The average molecular weight is 465 g/mol. The largest absolute Gasteiger partial charge is 0.453 e. The molecule has 32 heavy (non-hydrogen) atoms. The van der Waals surface area contributed by atoms with Crippen molar-refractivity contribution in [3.05, 3.63) is 78.2 Å². The molecule has 0 saturated carbocycles. The summed E-state index contributed by atoms with van der Waals surface area (Å²) in [4.78, 5) is 13.4. The first-order valence-electron chi connectivity index (χ1n) is 10.6. The van der Waals surface area contributed by atoms with E-state index in [1.807, 2.05) is 60.8 Å². The Labute approximate surface area is 196 Å². The molecule has 7 nitrogen and oxygen atoms in total. The highest BCUT2D eigenvalue weighted by Crippen LogP contribution is 2.36. The smallest absolute Gasteiger partial charge is 0.174 e. The zero-order chi connectivity index (χ0) is 21.6. The van der Waals surface area contributed by atoms with E-state index >= 15 is 0 Å². The average Bonchev–Trinajstić information content (AvgIpc) is 3.31. The Bertz CT molecular complexity index is 1060. The summed E-state index contributed by atoms with van der Waals surface area (Å²) < 4.78 is 6.20. The van der Waals surface area contributed by atoms with E-state index in [1.54, 1.807) is 29.9 Å². The summed E-state index contributed by atoms with van der Waals surface area (Å²) in [6.45, 7) is 2.10. The van der Waals surface area contributed by atoms with Crippen LogP contribution in [-0.2, 0) is 0 Å². The van der Waals surface area contributed by atoms with Gasteiger partial charge in [0.25, 0.3) is 0 Å². The highest BCUT2D eigenvalue weighted by molar-refractivity contribution is 8.01. The molecule has 1 aromatic carbocycles. The van der Waals surface area contributed by atoms with Crippen molar-refractivity contribution < 1.29 is 4.74 Å². The molecule has 0 spiro atoms. The standard InChI is InChI=1S/C23H24N6OS2/c1-2-6-18(7-3-1)30-20-14-19(31-21-8-4-5-11-25-21)15-26-23(20)27-22-16-29(28-32-22)17-9-12-24-13-10-17/h1-8,11,14-17,24,28H,9-10,12-13H2,(H,26,27). The zero-order valence-electron chi connectivity index (χ0n) is 17.4. The molecule has 3 aromatic rings. The maximum absolute atomic E-state index is 6.20. The topological polar surface area (TPSA) is 74.3 Å². The Morgan fingerprint density at radius 2 is 1.91 bits per heavy atom. The second kappa shape index (κ2) is 10.3. The first-order valence-corrected chi connectivity index (χ1v) is 12.2. The normalized spacial score (nSPS) is 16.6. The van der Waals surface area contributed by atoms with Gasteiger partial charge in [-0.05, 0) is 62.1 Å². The van der Waals surface area contributed by atoms with Gasteiger partial charge >= 0.3 is 0 Å². The van der Waals surface area contributed by atoms with Gasteiger partial charge in [0.05, 0.1) is 0 Å². The Kier molecular flexibility index (Phi) is 6.78. The Balaban J connectivity index is 1.36. The van der Waals surface area contributed by atoms with Gasteiger partial charge in [0.1, 0.15) is 15.8 Å². The number of nitrogens with zero attached hydrogens (tertiary/aromatic N) is 3. The van der Waals surface area contributed by atoms with E-state index in [0.29, 0.717) is 17.6 Å². The summed E-state index contributed by atoms with van der Waals surface area (Å²) in [5, 5.41) is 10.9. The molecule has 3 N–H and O–H groups in total. The van der Waals surface area contributed by atoms with E-state index in [0.717, 1.165) is 46.6 Å². The molecule has 1 saturated heterocycles. The van der Waals surface area contributed by atoms with Gasteiger partial charge in [-0.2, -0.15) is 4.83 Å². The van der Waals surface area contributed by atoms with Crippen LogP contribution in [0.1, 0.15) is 12.8 Å². The van der Waals surface area contributed by atoms with Crippen LogP contribution in [0.2, 0.25) is 0 Å². The Morgan fingerprint density at radius 1 is 1.06 bits per heavy atom. The lowest BCUT2D eigenvalue weighted by Crippen LogP contribution is -2.43. The fraction of sp³-hybridized carbons (Fsp3) is 0.217. The van der Waals surface area contributed by atoms with Crippen LogP contribution in [0, 0.1) is 0 Å². The van der Waals surface area contributed by atoms with Crippen LogP contribution in [0.15, 0.2) is 88.1 Å². The van der Waals surface area contributed by atoms with Crippen molar-refractivity contribution >= 4 is 29.5 Å². The number of hydrazine groups is 1. The number of anilines is 1. The van der Waals surface area contributed by atoms with E-state index in [-0.39, 0.29) is 0 Å². The third-order valence-electron chi connectivity index (χ3n) is 5.12. The summed E-state index contributed by atoms with van der Waals surface area (Å²) in [7, 11) is 0. The van der Waals surface area contributed by atoms with Gasteiger partial charge < -0.3 is 15.4 Å². The van der Waals surface area contributed by atoms with Crippen LogP contribution in [0.25, 0.3) is 0 Å². The molecule has 0 amide bonds. The fourth-order valence-corrected chi connectivity index (χ4v) is 5.01. The molecule has 4 heterocycles. The number of pyridine rings is 2. The van der Waals surface area contributed by atoms with Crippen LogP contribution < -0.4 is 20.2 Å². The van der Waals surface area contributed by atoms with Crippen LogP contribution in [0.5, 0.6) is 11.5 Å². The quantitative estimate of drug-likeness (QED) is 0.425. The number of ether oxygens (including phenoxy) is 1. The minimum Gasteiger partial charge on any atom is -0.453 e. The summed E-state index contributed by atoms with van der Waals surface area (Å²) in [6, 6.07) is 18.1. The summed E-state index contributed by atoms with van der Waals surface area (Å²) >= 11 is 3.11. The highest BCUT2D eigenvalue weighted by Gasteiger charge is 2.24. The second-order valence-corrected chi connectivity index (χ2v) is 9.32. The molecule has 164 valence electrons. The Hall–Kier alpha value is -2.72. The molecule has 2 aliphatic heterocycles. The van der Waals surface area contributed by atoms with E-state index in [4.69, 9.17) is 4.74 Å². The number of hydrogen-bond donors (Lipinski definition) is 3. The van der Waals surface area contributed by atoms with Crippen LogP contribution in [0.4, 0.5) is 5.82 Å². The second-order valence-electron chi connectivity index (χ2n) is 7.40. The Morgan fingerprint density at radius 3 is 2.72 bits per heavy atom. The van der Waals surface area contributed by atoms with Crippen molar-refractivity contribution in [2.45, 2.75) is 28.8 Å². The minimum absolute atomic E-state index is 0.494. The molecule has 9 heteroatoms. The molecule has 0 atom stereocenters. The summed E-state index contributed by atoms with van der Waals surface area (Å²) in [6.07, 6.45) is 8.00.